The normalized spacial score (nSPS) is 18.2. The van der Waals surface area contributed by atoms with Crippen LogP contribution < -0.4 is 0 Å². The largest absolute Gasteiger partial charge is 0.479 e. The van der Waals surface area contributed by atoms with Gasteiger partial charge < -0.3 is 14.3 Å². The maximum atomic E-state index is 13.3. The van der Waals surface area contributed by atoms with Crippen LogP contribution in [0.3, 0.4) is 0 Å². The van der Waals surface area contributed by atoms with Gasteiger partial charge in [-0.05, 0) is 57.9 Å². The number of benzene rings is 2. The van der Waals surface area contributed by atoms with Gasteiger partial charge >= 0.3 is 12.1 Å². The number of hydrogen-bond acceptors (Lipinski definition) is 6. The van der Waals surface area contributed by atoms with Crippen molar-refractivity contribution in [3.05, 3.63) is 47.5 Å². The number of rotatable bonds is 6. The van der Waals surface area contributed by atoms with Crippen LogP contribution >= 0.6 is 15.9 Å². The Hall–Kier alpha value is -3.20. The summed E-state index contributed by atoms with van der Waals surface area (Å²) in [6, 6.07) is 10.1. The second kappa shape index (κ2) is 9.11. The Balaban J connectivity index is 1.65. The number of carbonyl (C=O) groups is 4. The third-order valence-electron chi connectivity index (χ3n) is 6.19. The van der Waals surface area contributed by atoms with Crippen molar-refractivity contribution in [2.45, 2.75) is 51.2 Å². The number of amides is 1. The van der Waals surface area contributed by atoms with E-state index in [4.69, 9.17) is 9.15 Å². The average Bonchev–Trinajstić information content (AvgIpc) is 3.38. The number of alkyl halides is 1. The molecule has 0 spiro atoms. The molecule has 1 aromatic heterocycles. The smallest absolute Gasteiger partial charge is 0.411 e. The van der Waals surface area contributed by atoms with Crippen molar-refractivity contribution >= 4 is 61.5 Å². The van der Waals surface area contributed by atoms with E-state index in [2.05, 4.69) is 15.9 Å². The molecule has 0 aliphatic carbocycles. The van der Waals surface area contributed by atoms with Crippen molar-refractivity contribution in [1.82, 2.24) is 4.90 Å². The Bertz CT molecular complexity index is 1350. The molecule has 3 aromatic rings. The second-order valence-corrected chi connectivity index (χ2v) is 10.3. The third-order valence-corrected chi connectivity index (χ3v) is 6.70. The summed E-state index contributed by atoms with van der Waals surface area (Å²) >= 11 is 3.16. The number of ether oxygens (including phenoxy) is 1. The lowest BCUT2D eigenvalue weighted by atomic mass is 9.87. The summed E-state index contributed by atoms with van der Waals surface area (Å²) < 4.78 is 11.3. The SMILES string of the molecule is CC(C)(C)OC(=O)N1CCCC1(CC(=O)c1ccc2c(c1)oc1cc(C(=O)CBr)ccc12)C(=O)O. The molecule has 1 N–H and O–H groups in total. The van der Waals surface area contributed by atoms with Gasteiger partial charge in [-0.15, -0.1) is 0 Å². The molecule has 1 saturated heterocycles. The predicted octanol–water partition coefficient (Wildman–Crippen LogP) is 5.59. The fourth-order valence-corrected chi connectivity index (χ4v) is 4.84. The summed E-state index contributed by atoms with van der Waals surface area (Å²) in [7, 11) is 0. The number of furan rings is 1. The van der Waals surface area contributed by atoms with E-state index in [0.29, 0.717) is 23.2 Å². The number of nitrogens with zero attached hydrogens (tertiary/aromatic N) is 1. The molecule has 1 aliphatic heterocycles. The van der Waals surface area contributed by atoms with Gasteiger partial charge in [0.15, 0.2) is 17.1 Å². The first-order valence-corrected chi connectivity index (χ1v) is 12.4. The number of hydrogen-bond donors (Lipinski definition) is 1. The Morgan fingerprint density at radius 2 is 1.60 bits per heavy atom. The van der Waals surface area contributed by atoms with Crippen LogP contribution in [0.2, 0.25) is 0 Å². The fraction of sp³-hybridized carbons (Fsp3) is 0.385. The van der Waals surface area contributed by atoms with Crippen LogP contribution in [-0.4, -0.2) is 56.7 Å². The first kappa shape index (κ1) is 24.9. The first-order valence-electron chi connectivity index (χ1n) is 11.3. The lowest BCUT2D eigenvalue weighted by molar-refractivity contribution is -0.149. The van der Waals surface area contributed by atoms with Crippen molar-refractivity contribution in [2.75, 3.05) is 11.9 Å². The number of ketones is 2. The molecule has 1 fully saturated rings. The second-order valence-electron chi connectivity index (χ2n) is 9.75. The van der Waals surface area contributed by atoms with E-state index < -0.39 is 29.0 Å². The molecule has 9 heteroatoms. The predicted molar refractivity (Wildman–Crippen MR) is 133 cm³/mol. The maximum absolute atomic E-state index is 13.3. The van der Waals surface area contributed by atoms with Gasteiger partial charge in [-0.2, -0.15) is 0 Å². The van der Waals surface area contributed by atoms with Crippen LogP contribution in [0, 0.1) is 0 Å². The van der Waals surface area contributed by atoms with E-state index >= 15 is 0 Å². The summed E-state index contributed by atoms with van der Waals surface area (Å²) in [6.45, 7) is 5.31. The van der Waals surface area contributed by atoms with Gasteiger partial charge in [0.1, 0.15) is 16.8 Å². The zero-order valence-corrected chi connectivity index (χ0v) is 21.3. The molecule has 8 nitrogen and oxygen atoms in total. The Morgan fingerprint density at radius 1 is 1.03 bits per heavy atom. The average molecular weight is 544 g/mol. The quantitative estimate of drug-likeness (QED) is 0.318. The van der Waals surface area contributed by atoms with Crippen LogP contribution in [0.1, 0.15) is 60.7 Å². The van der Waals surface area contributed by atoms with Crippen molar-refractivity contribution in [3.63, 3.8) is 0 Å². The van der Waals surface area contributed by atoms with Gasteiger partial charge in [0.2, 0.25) is 0 Å². The highest BCUT2D eigenvalue weighted by molar-refractivity contribution is 9.09. The van der Waals surface area contributed by atoms with E-state index in [1.54, 1.807) is 57.2 Å². The minimum Gasteiger partial charge on any atom is -0.479 e. The number of halogens is 1. The van der Waals surface area contributed by atoms with Crippen LogP contribution in [0.4, 0.5) is 4.79 Å². The molecule has 1 unspecified atom stereocenters. The minimum absolute atomic E-state index is 0.0757. The summed E-state index contributed by atoms with van der Waals surface area (Å²) in [4.78, 5) is 51.6. The summed E-state index contributed by atoms with van der Waals surface area (Å²) in [5.74, 6) is -1.73. The minimum atomic E-state index is -1.67. The number of aliphatic carboxylic acids is 1. The van der Waals surface area contributed by atoms with E-state index in [9.17, 15) is 24.3 Å². The zero-order valence-electron chi connectivity index (χ0n) is 19.7. The van der Waals surface area contributed by atoms with Crippen molar-refractivity contribution < 1.29 is 33.4 Å². The lowest BCUT2D eigenvalue weighted by Gasteiger charge is -2.35. The molecular weight excluding hydrogens is 518 g/mol. The number of likely N-dealkylation sites (tertiary alicyclic amines) is 1. The summed E-state index contributed by atoms with van der Waals surface area (Å²) in [6.07, 6.45) is -0.509. The molecule has 4 rings (SSSR count). The van der Waals surface area contributed by atoms with Crippen LogP contribution in [0.5, 0.6) is 0 Å². The van der Waals surface area contributed by atoms with E-state index in [0.717, 1.165) is 10.8 Å². The zero-order chi connectivity index (χ0) is 25.5. The van der Waals surface area contributed by atoms with Gasteiger partial charge in [0.05, 0.1) is 5.33 Å². The van der Waals surface area contributed by atoms with Crippen LogP contribution in [-0.2, 0) is 9.53 Å². The Kier molecular flexibility index (Phi) is 6.48. The van der Waals surface area contributed by atoms with Crippen molar-refractivity contribution in [3.8, 4) is 0 Å². The fourth-order valence-electron chi connectivity index (χ4n) is 4.51. The van der Waals surface area contributed by atoms with Gasteiger partial charge in [-0.3, -0.25) is 14.5 Å². The van der Waals surface area contributed by atoms with Gasteiger partial charge in [-0.25, -0.2) is 9.59 Å². The highest BCUT2D eigenvalue weighted by Crippen LogP contribution is 2.36. The molecule has 184 valence electrons. The number of fused-ring (bicyclic) bond motifs is 3. The van der Waals surface area contributed by atoms with E-state index in [1.165, 1.54) is 4.90 Å². The molecular formula is C26H26BrNO7. The molecule has 35 heavy (non-hydrogen) atoms. The van der Waals surface area contributed by atoms with Crippen LogP contribution in [0.15, 0.2) is 40.8 Å². The number of Topliss-reactive ketones (excluding diaryl/α,β-unsaturated/α-hetero) is 2. The first-order chi connectivity index (χ1) is 16.4. The Labute approximate surface area is 210 Å². The van der Waals surface area contributed by atoms with Gasteiger partial charge in [0, 0.05) is 34.9 Å². The number of carboxylic acid groups (broad SMARTS) is 1. The molecule has 1 aliphatic rings. The van der Waals surface area contributed by atoms with E-state index in [-0.39, 0.29) is 36.1 Å². The lowest BCUT2D eigenvalue weighted by Crippen LogP contribution is -2.55. The number of carbonyl (C=O) groups excluding carboxylic acids is 3. The molecule has 0 saturated carbocycles. The van der Waals surface area contributed by atoms with Crippen molar-refractivity contribution in [1.29, 1.82) is 0 Å². The summed E-state index contributed by atoms with van der Waals surface area (Å²) in [5, 5.41) is 11.9. The Morgan fingerprint density at radius 3 is 2.11 bits per heavy atom. The summed E-state index contributed by atoms with van der Waals surface area (Å²) in [5.41, 5.74) is -0.701. The number of carboxylic acids is 1. The topological polar surface area (TPSA) is 114 Å². The monoisotopic (exact) mass is 543 g/mol. The molecule has 0 radical (unpaired) electrons. The van der Waals surface area contributed by atoms with Gasteiger partial charge in [0.25, 0.3) is 0 Å². The van der Waals surface area contributed by atoms with Crippen LogP contribution in [0.25, 0.3) is 21.9 Å². The third kappa shape index (κ3) is 4.69. The van der Waals surface area contributed by atoms with Crippen molar-refractivity contribution in [2.24, 2.45) is 0 Å². The molecule has 1 amide bonds. The van der Waals surface area contributed by atoms with E-state index in [1.807, 2.05) is 0 Å². The molecule has 2 heterocycles. The molecule has 2 aromatic carbocycles. The highest BCUT2D eigenvalue weighted by Gasteiger charge is 2.52. The highest BCUT2D eigenvalue weighted by atomic mass is 79.9. The van der Waals surface area contributed by atoms with Gasteiger partial charge in [-0.1, -0.05) is 28.1 Å². The maximum Gasteiger partial charge on any atom is 0.411 e. The molecule has 0 bridgehead atoms. The molecule has 1 atom stereocenters. The standard InChI is InChI=1S/C26H26BrNO7/c1-25(2,3)35-24(33)28-10-4-9-26(28,23(31)32)13-19(29)15-5-7-17-18-8-6-16(20(30)14-27)12-22(18)34-21(17)11-15/h5-8,11-12H,4,9-10,13-14H2,1-3H3,(H,31,32).